The number of hydrogen-bond donors (Lipinski definition) is 2. The van der Waals surface area contributed by atoms with Gasteiger partial charge in [-0.3, -0.25) is 4.79 Å². The third-order valence-electron chi connectivity index (χ3n) is 3.82. The maximum Gasteiger partial charge on any atom is 0.317 e. The Kier molecular flexibility index (Phi) is 5.60. The molecule has 21 heavy (non-hydrogen) atoms. The van der Waals surface area contributed by atoms with Gasteiger partial charge in [0, 0.05) is 32.0 Å². The number of nitrogens with zero attached hydrogens (tertiary/aromatic N) is 1. The second-order valence-corrected chi connectivity index (χ2v) is 5.43. The van der Waals surface area contributed by atoms with E-state index in [1.807, 2.05) is 23.1 Å². The van der Waals surface area contributed by atoms with Crippen LogP contribution in [-0.4, -0.2) is 41.6 Å². The van der Waals surface area contributed by atoms with Crippen molar-refractivity contribution in [3.8, 4) is 0 Å². The summed E-state index contributed by atoms with van der Waals surface area (Å²) >= 11 is 0. The first kappa shape index (κ1) is 15.4. The molecule has 1 aromatic rings. The van der Waals surface area contributed by atoms with E-state index in [1.165, 1.54) is 5.56 Å². The zero-order chi connectivity index (χ0) is 15.1. The lowest BCUT2D eigenvalue weighted by molar-refractivity contribution is -0.137. The number of urea groups is 1. The summed E-state index contributed by atoms with van der Waals surface area (Å²) in [6.07, 6.45) is 2.67. The molecule has 0 radical (unpaired) electrons. The van der Waals surface area contributed by atoms with Crippen molar-refractivity contribution in [3.05, 3.63) is 35.9 Å². The summed E-state index contributed by atoms with van der Waals surface area (Å²) in [6.45, 7) is 1.92. The molecule has 2 amide bonds. The van der Waals surface area contributed by atoms with Crippen LogP contribution in [0.3, 0.4) is 0 Å². The minimum absolute atomic E-state index is 0.0824. The molecule has 0 aromatic heterocycles. The maximum absolute atomic E-state index is 12.1. The average molecular weight is 290 g/mol. The van der Waals surface area contributed by atoms with Gasteiger partial charge in [0.05, 0.1) is 0 Å². The normalized spacial score (nSPS) is 18.3. The van der Waals surface area contributed by atoms with E-state index in [0.29, 0.717) is 18.9 Å². The fourth-order valence-electron chi connectivity index (χ4n) is 2.71. The molecule has 114 valence electrons. The highest BCUT2D eigenvalue weighted by Crippen LogP contribution is 2.26. The van der Waals surface area contributed by atoms with Gasteiger partial charge in [0.25, 0.3) is 0 Å². The first-order valence-corrected chi connectivity index (χ1v) is 7.46. The van der Waals surface area contributed by atoms with E-state index in [0.717, 1.165) is 25.9 Å². The van der Waals surface area contributed by atoms with Gasteiger partial charge in [0.1, 0.15) is 0 Å². The Morgan fingerprint density at radius 3 is 2.76 bits per heavy atom. The van der Waals surface area contributed by atoms with Crippen LogP contribution in [0.1, 0.15) is 37.2 Å². The Hall–Kier alpha value is -2.04. The fourth-order valence-corrected chi connectivity index (χ4v) is 2.71. The predicted octanol–water partition coefficient (Wildman–Crippen LogP) is 2.44. The van der Waals surface area contributed by atoms with E-state index >= 15 is 0 Å². The smallest absolute Gasteiger partial charge is 0.317 e. The third kappa shape index (κ3) is 4.77. The van der Waals surface area contributed by atoms with Gasteiger partial charge in [0.15, 0.2) is 0 Å². The number of benzene rings is 1. The lowest BCUT2D eigenvalue weighted by atomic mass is 9.91. The van der Waals surface area contributed by atoms with Crippen LogP contribution in [0.5, 0.6) is 0 Å². The molecular formula is C16H22N2O3. The fraction of sp³-hybridized carbons (Fsp3) is 0.500. The number of carboxylic acids is 1. The van der Waals surface area contributed by atoms with E-state index in [-0.39, 0.29) is 12.5 Å². The van der Waals surface area contributed by atoms with Gasteiger partial charge >= 0.3 is 12.0 Å². The molecule has 2 N–H and O–H groups in total. The van der Waals surface area contributed by atoms with E-state index in [4.69, 9.17) is 5.11 Å². The van der Waals surface area contributed by atoms with Gasteiger partial charge in [-0.2, -0.15) is 0 Å². The monoisotopic (exact) mass is 290 g/mol. The quantitative estimate of drug-likeness (QED) is 0.818. The first-order chi connectivity index (χ1) is 10.2. The molecule has 1 heterocycles. The minimum Gasteiger partial charge on any atom is -0.481 e. The molecule has 1 atom stereocenters. The number of amides is 2. The molecular weight excluding hydrogens is 268 g/mol. The van der Waals surface area contributed by atoms with Crippen LogP contribution < -0.4 is 5.32 Å². The molecule has 1 unspecified atom stereocenters. The molecule has 5 nitrogen and oxygen atoms in total. The summed E-state index contributed by atoms with van der Waals surface area (Å²) in [5.74, 6) is -0.434. The molecule has 2 rings (SSSR count). The van der Waals surface area contributed by atoms with Gasteiger partial charge in [-0.05, 0) is 24.8 Å². The van der Waals surface area contributed by atoms with Crippen molar-refractivity contribution in [2.45, 2.75) is 31.6 Å². The van der Waals surface area contributed by atoms with Crippen LogP contribution >= 0.6 is 0 Å². The molecule has 0 bridgehead atoms. The third-order valence-corrected chi connectivity index (χ3v) is 3.82. The van der Waals surface area contributed by atoms with Crippen molar-refractivity contribution >= 4 is 12.0 Å². The Labute approximate surface area is 125 Å². The standard InChI is InChI=1S/C16H22N2O3/c19-15(20)9-4-10-17-16(21)18-11-5-8-14(12-18)13-6-2-1-3-7-13/h1-3,6-7,14H,4-5,8-12H2,(H,17,21)(H,19,20). The van der Waals surface area contributed by atoms with Gasteiger partial charge < -0.3 is 15.3 Å². The Bertz CT molecular complexity index is 476. The largest absolute Gasteiger partial charge is 0.481 e. The number of rotatable bonds is 5. The molecule has 1 saturated heterocycles. The number of piperidine rings is 1. The van der Waals surface area contributed by atoms with Crippen LogP contribution in [0.2, 0.25) is 0 Å². The number of likely N-dealkylation sites (tertiary alicyclic amines) is 1. The highest BCUT2D eigenvalue weighted by Gasteiger charge is 2.24. The molecule has 0 saturated carbocycles. The lowest BCUT2D eigenvalue weighted by Crippen LogP contribution is -2.45. The average Bonchev–Trinajstić information content (AvgIpc) is 2.52. The molecule has 1 fully saturated rings. The predicted molar refractivity (Wildman–Crippen MR) is 80.3 cm³/mol. The zero-order valence-corrected chi connectivity index (χ0v) is 12.1. The second-order valence-electron chi connectivity index (χ2n) is 5.43. The summed E-state index contributed by atoms with van der Waals surface area (Å²) in [7, 11) is 0. The SMILES string of the molecule is O=C(O)CCCNC(=O)N1CCCC(c2ccccc2)C1. The van der Waals surface area contributed by atoms with E-state index in [9.17, 15) is 9.59 Å². The topological polar surface area (TPSA) is 69.6 Å². The molecule has 1 aliphatic rings. The van der Waals surface area contributed by atoms with E-state index in [1.54, 1.807) is 0 Å². The van der Waals surface area contributed by atoms with Gasteiger partial charge in [-0.25, -0.2) is 4.79 Å². The van der Waals surface area contributed by atoms with Crippen molar-refractivity contribution in [1.29, 1.82) is 0 Å². The van der Waals surface area contributed by atoms with Crippen LogP contribution in [0.15, 0.2) is 30.3 Å². The van der Waals surface area contributed by atoms with Crippen molar-refractivity contribution in [1.82, 2.24) is 10.2 Å². The summed E-state index contributed by atoms with van der Waals surface area (Å²) in [5.41, 5.74) is 1.28. The van der Waals surface area contributed by atoms with Crippen LogP contribution in [0.4, 0.5) is 4.79 Å². The number of carbonyl (C=O) groups is 2. The Morgan fingerprint density at radius 2 is 2.05 bits per heavy atom. The number of carbonyl (C=O) groups excluding carboxylic acids is 1. The van der Waals surface area contributed by atoms with Crippen molar-refractivity contribution in [2.24, 2.45) is 0 Å². The van der Waals surface area contributed by atoms with Crippen LogP contribution in [-0.2, 0) is 4.79 Å². The van der Waals surface area contributed by atoms with Crippen molar-refractivity contribution in [3.63, 3.8) is 0 Å². The van der Waals surface area contributed by atoms with Gasteiger partial charge in [-0.15, -0.1) is 0 Å². The Morgan fingerprint density at radius 1 is 1.29 bits per heavy atom. The summed E-state index contributed by atoms with van der Waals surface area (Å²) in [6, 6.07) is 10.2. The molecule has 0 aliphatic carbocycles. The van der Waals surface area contributed by atoms with Gasteiger partial charge in [0.2, 0.25) is 0 Å². The second kappa shape index (κ2) is 7.67. The van der Waals surface area contributed by atoms with Crippen LogP contribution in [0, 0.1) is 0 Å². The van der Waals surface area contributed by atoms with Gasteiger partial charge in [-0.1, -0.05) is 30.3 Å². The lowest BCUT2D eigenvalue weighted by Gasteiger charge is -2.33. The van der Waals surface area contributed by atoms with E-state index in [2.05, 4.69) is 17.4 Å². The number of carboxylic acid groups (broad SMARTS) is 1. The molecule has 1 aliphatic heterocycles. The number of hydrogen-bond acceptors (Lipinski definition) is 2. The minimum atomic E-state index is -0.827. The van der Waals surface area contributed by atoms with Crippen LogP contribution in [0.25, 0.3) is 0 Å². The highest BCUT2D eigenvalue weighted by atomic mass is 16.4. The van der Waals surface area contributed by atoms with Crippen molar-refractivity contribution in [2.75, 3.05) is 19.6 Å². The maximum atomic E-state index is 12.1. The summed E-state index contributed by atoms with van der Waals surface area (Å²) < 4.78 is 0. The van der Waals surface area contributed by atoms with E-state index < -0.39 is 5.97 Å². The zero-order valence-electron chi connectivity index (χ0n) is 12.1. The number of aliphatic carboxylic acids is 1. The molecule has 1 aromatic carbocycles. The highest BCUT2D eigenvalue weighted by molar-refractivity contribution is 5.74. The molecule has 0 spiro atoms. The number of nitrogens with one attached hydrogen (secondary N) is 1. The summed E-state index contributed by atoms with van der Waals surface area (Å²) in [5, 5.41) is 11.4. The molecule has 5 heteroatoms. The summed E-state index contributed by atoms with van der Waals surface area (Å²) in [4.78, 5) is 24.3. The first-order valence-electron chi connectivity index (χ1n) is 7.46. The Balaban J connectivity index is 1.80. The van der Waals surface area contributed by atoms with Crippen molar-refractivity contribution < 1.29 is 14.7 Å².